The van der Waals surface area contributed by atoms with Gasteiger partial charge in [0.15, 0.2) is 11.5 Å². The van der Waals surface area contributed by atoms with Gasteiger partial charge in [0.1, 0.15) is 0 Å². The fraction of sp³-hybridized carbons (Fsp3) is 0.308. The third-order valence-electron chi connectivity index (χ3n) is 3.31. The number of aromatic nitrogens is 5. The van der Waals surface area contributed by atoms with Gasteiger partial charge in [0.25, 0.3) is 0 Å². The largest absolute Gasteiger partial charge is 0.493 e. The van der Waals surface area contributed by atoms with Gasteiger partial charge >= 0.3 is 0 Å². The van der Waals surface area contributed by atoms with E-state index in [2.05, 4.69) is 15.3 Å². The molecule has 21 heavy (non-hydrogen) atoms. The van der Waals surface area contributed by atoms with E-state index in [-0.39, 0.29) is 0 Å². The highest BCUT2D eigenvalue weighted by atomic mass is 16.5. The Hall–Kier alpha value is -2.77. The number of aryl methyl sites for hydroxylation is 2. The van der Waals surface area contributed by atoms with E-state index < -0.39 is 0 Å². The third kappa shape index (κ3) is 2.35. The Morgan fingerprint density at radius 1 is 1.14 bits per heavy atom. The van der Waals surface area contributed by atoms with Crippen LogP contribution in [-0.4, -0.2) is 38.8 Å². The maximum atomic E-state index is 6.00. The molecule has 0 bridgehead atoms. The van der Waals surface area contributed by atoms with E-state index in [0.717, 1.165) is 11.0 Å². The zero-order valence-corrected chi connectivity index (χ0v) is 11.9. The molecule has 0 aliphatic rings. The van der Waals surface area contributed by atoms with Gasteiger partial charge in [-0.25, -0.2) is 4.98 Å². The van der Waals surface area contributed by atoms with Crippen molar-refractivity contribution in [1.29, 1.82) is 0 Å². The van der Waals surface area contributed by atoms with Gasteiger partial charge in [0, 0.05) is 24.9 Å². The number of hydrogen-bond donors (Lipinski definition) is 1. The van der Waals surface area contributed by atoms with Crippen molar-refractivity contribution in [3.8, 4) is 11.5 Å². The summed E-state index contributed by atoms with van der Waals surface area (Å²) in [5.74, 6) is 1.72. The summed E-state index contributed by atoms with van der Waals surface area (Å²) in [5.41, 5.74) is 7.66. The van der Waals surface area contributed by atoms with Gasteiger partial charge in [0.2, 0.25) is 5.95 Å². The van der Waals surface area contributed by atoms with Crippen LogP contribution in [0.1, 0.15) is 0 Å². The highest BCUT2D eigenvalue weighted by Gasteiger charge is 2.13. The lowest BCUT2D eigenvalue weighted by Crippen LogP contribution is -2.10. The molecule has 8 nitrogen and oxygen atoms in total. The fourth-order valence-electron chi connectivity index (χ4n) is 2.26. The Balaban J connectivity index is 1.99. The number of nitrogens with two attached hydrogens (primary N) is 1. The highest BCUT2D eigenvalue weighted by molar-refractivity contribution is 5.82. The lowest BCUT2D eigenvalue weighted by Gasteiger charge is -2.09. The van der Waals surface area contributed by atoms with Crippen LogP contribution in [0.4, 0.5) is 5.95 Å². The van der Waals surface area contributed by atoms with Crippen LogP contribution >= 0.6 is 0 Å². The van der Waals surface area contributed by atoms with E-state index in [4.69, 9.17) is 15.2 Å². The molecule has 2 aromatic heterocycles. The first-order chi connectivity index (χ1) is 10.2. The summed E-state index contributed by atoms with van der Waals surface area (Å²) in [6.45, 7) is 1.30. The smallest absolute Gasteiger partial charge is 0.201 e. The maximum absolute atomic E-state index is 6.00. The van der Waals surface area contributed by atoms with Crippen LogP contribution in [0.2, 0.25) is 0 Å². The summed E-state index contributed by atoms with van der Waals surface area (Å²) in [6, 6.07) is 3.69. The van der Waals surface area contributed by atoms with Crippen molar-refractivity contribution in [3.63, 3.8) is 0 Å². The molecule has 0 atom stereocenters. The standard InChI is InChI=1S/C13H16N6O2/c1-20-11-7-9-10(8-12(11)21-2)19(13(14)16-9)6-5-18-4-3-15-17-18/h3-4,7-8H,5-6H2,1-2H3,(H2,14,16). The Morgan fingerprint density at radius 2 is 1.90 bits per heavy atom. The number of nitrogen functional groups attached to an aromatic ring is 1. The number of rotatable bonds is 5. The molecule has 0 aliphatic carbocycles. The average Bonchev–Trinajstić information content (AvgIpc) is 3.10. The Labute approximate surface area is 121 Å². The number of ether oxygens (including phenoxy) is 2. The number of fused-ring (bicyclic) bond motifs is 1. The maximum Gasteiger partial charge on any atom is 0.201 e. The number of methoxy groups -OCH3 is 2. The number of imidazole rings is 1. The van der Waals surface area contributed by atoms with E-state index >= 15 is 0 Å². The van der Waals surface area contributed by atoms with Crippen LogP contribution in [0.3, 0.4) is 0 Å². The van der Waals surface area contributed by atoms with Crippen molar-refractivity contribution in [3.05, 3.63) is 24.5 Å². The van der Waals surface area contributed by atoms with Crippen molar-refractivity contribution < 1.29 is 9.47 Å². The van der Waals surface area contributed by atoms with Crippen LogP contribution in [0, 0.1) is 0 Å². The molecule has 3 rings (SSSR count). The minimum atomic E-state index is 0.445. The number of benzene rings is 1. The molecule has 0 unspecified atom stereocenters. The summed E-state index contributed by atoms with van der Waals surface area (Å²) in [7, 11) is 3.19. The normalized spacial score (nSPS) is 11.0. The predicted molar refractivity (Wildman–Crippen MR) is 77.3 cm³/mol. The predicted octanol–water partition coefficient (Wildman–Crippen LogP) is 0.927. The summed E-state index contributed by atoms with van der Waals surface area (Å²) < 4.78 is 14.3. The van der Waals surface area contributed by atoms with Crippen LogP contribution < -0.4 is 15.2 Å². The highest BCUT2D eigenvalue weighted by Crippen LogP contribution is 2.32. The molecule has 110 valence electrons. The number of anilines is 1. The van der Waals surface area contributed by atoms with Crippen LogP contribution in [0.5, 0.6) is 11.5 Å². The molecule has 0 aliphatic heterocycles. The lowest BCUT2D eigenvalue weighted by molar-refractivity contribution is 0.355. The van der Waals surface area contributed by atoms with Gasteiger partial charge in [-0.05, 0) is 0 Å². The van der Waals surface area contributed by atoms with Crippen molar-refractivity contribution in [2.45, 2.75) is 13.1 Å². The lowest BCUT2D eigenvalue weighted by atomic mass is 10.2. The molecular formula is C13H16N6O2. The minimum absolute atomic E-state index is 0.445. The van der Waals surface area contributed by atoms with E-state index in [1.807, 2.05) is 16.7 Å². The molecule has 0 saturated carbocycles. The molecule has 3 aromatic rings. The number of hydrogen-bond acceptors (Lipinski definition) is 6. The molecule has 2 N–H and O–H groups in total. The van der Waals surface area contributed by atoms with Gasteiger partial charge in [-0.2, -0.15) is 0 Å². The molecule has 8 heteroatoms. The molecule has 1 aromatic carbocycles. The van der Waals surface area contributed by atoms with E-state index in [1.54, 1.807) is 31.3 Å². The second-order valence-corrected chi connectivity index (χ2v) is 4.48. The molecule has 0 spiro atoms. The zero-order chi connectivity index (χ0) is 14.8. The van der Waals surface area contributed by atoms with E-state index in [0.29, 0.717) is 30.5 Å². The molecule has 0 fully saturated rings. The van der Waals surface area contributed by atoms with Gasteiger partial charge < -0.3 is 19.8 Å². The van der Waals surface area contributed by atoms with Crippen LogP contribution in [-0.2, 0) is 13.1 Å². The summed E-state index contributed by atoms with van der Waals surface area (Å²) >= 11 is 0. The molecular weight excluding hydrogens is 272 g/mol. The quantitative estimate of drug-likeness (QED) is 0.750. The average molecular weight is 288 g/mol. The Bertz CT molecular complexity index is 750. The third-order valence-corrected chi connectivity index (χ3v) is 3.31. The molecule has 0 saturated heterocycles. The number of nitrogens with zero attached hydrogens (tertiary/aromatic N) is 5. The van der Waals surface area contributed by atoms with Gasteiger partial charge in [-0.3, -0.25) is 4.68 Å². The summed E-state index contributed by atoms with van der Waals surface area (Å²) in [4.78, 5) is 4.36. The molecule has 2 heterocycles. The van der Waals surface area contributed by atoms with Crippen molar-refractivity contribution in [2.24, 2.45) is 0 Å². The van der Waals surface area contributed by atoms with Crippen LogP contribution in [0.15, 0.2) is 24.5 Å². The first kappa shape index (κ1) is 13.2. The van der Waals surface area contributed by atoms with E-state index in [9.17, 15) is 0 Å². The monoisotopic (exact) mass is 288 g/mol. The first-order valence-corrected chi connectivity index (χ1v) is 6.44. The van der Waals surface area contributed by atoms with Crippen molar-refractivity contribution in [2.75, 3.05) is 20.0 Å². The van der Waals surface area contributed by atoms with Crippen LogP contribution in [0.25, 0.3) is 11.0 Å². The first-order valence-electron chi connectivity index (χ1n) is 6.44. The summed E-state index contributed by atoms with van der Waals surface area (Å²) in [5, 5.41) is 7.71. The van der Waals surface area contributed by atoms with Crippen molar-refractivity contribution >= 4 is 17.0 Å². The Kier molecular flexibility index (Phi) is 3.35. The second kappa shape index (κ2) is 5.31. The zero-order valence-electron chi connectivity index (χ0n) is 11.9. The second-order valence-electron chi connectivity index (χ2n) is 4.48. The van der Waals surface area contributed by atoms with E-state index in [1.165, 1.54) is 0 Å². The topological polar surface area (TPSA) is 93.0 Å². The fourth-order valence-corrected chi connectivity index (χ4v) is 2.26. The SMILES string of the molecule is COc1cc2nc(N)n(CCn3ccnn3)c2cc1OC. The van der Waals surface area contributed by atoms with Gasteiger partial charge in [-0.15, -0.1) is 5.10 Å². The Morgan fingerprint density at radius 3 is 2.57 bits per heavy atom. The van der Waals surface area contributed by atoms with Gasteiger partial charge in [-0.1, -0.05) is 5.21 Å². The molecule has 0 amide bonds. The van der Waals surface area contributed by atoms with Gasteiger partial charge in [0.05, 0.1) is 38.0 Å². The minimum Gasteiger partial charge on any atom is -0.493 e. The van der Waals surface area contributed by atoms with Crippen molar-refractivity contribution in [1.82, 2.24) is 24.5 Å². The summed E-state index contributed by atoms with van der Waals surface area (Å²) in [6.07, 6.45) is 3.45. The molecule has 0 radical (unpaired) electrons.